The predicted molar refractivity (Wildman–Crippen MR) is 118 cm³/mol. The summed E-state index contributed by atoms with van der Waals surface area (Å²) in [5.74, 6) is 0. The molecule has 1 N–H and O–H groups in total. The number of ether oxygens (including phenoxy) is 2. The molecule has 0 aliphatic carbocycles. The molecular weight excluding hydrogens is 402 g/mol. The second kappa shape index (κ2) is 10.5. The van der Waals surface area contributed by atoms with Gasteiger partial charge in [0.25, 0.3) is 0 Å². The van der Waals surface area contributed by atoms with E-state index in [1.54, 1.807) is 12.1 Å². The molecule has 0 atom stereocenters. The fourth-order valence-electron chi connectivity index (χ4n) is 4.09. The fourth-order valence-corrected chi connectivity index (χ4v) is 5.54. The van der Waals surface area contributed by atoms with Crippen LogP contribution in [0.4, 0.5) is 0 Å². The van der Waals surface area contributed by atoms with E-state index in [1.165, 1.54) is 0 Å². The van der Waals surface area contributed by atoms with Crippen molar-refractivity contribution in [3.63, 3.8) is 0 Å². The Kier molecular flexibility index (Phi) is 8.29. The van der Waals surface area contributed by atoms with Gasteiger partial charge in [-0.25, -0.2) is 13.1 Å². The van der Waals surface area contributed by atoms with Crippen molar-refractivity contribution < 1.29 is 17.9 Å². The lowest BCUT2D eigenvalue weighted by atomic mass is 9.89. The fraction of sp³-hybridized carbons (Fsp3) is 0.727. The molecule has 8 heteroatoms. The van der Waals surface area contributed by atoms with Crippen molar-refractivity contribution in [2.45, 2.75) is 50.1 Å². The molecule has 0 aromatic heterocycles. The molecule has 2 aliphatic heterocycles. The number of benzene rings is 1. The number of morpholine rings is 1. The molecule has 0 spiro atoms. The minimum absolute atomic E-state index is 0.312. The maximum atomic E-state index is 13.1. The first-order valence-electron chi connectivity index (χ1n) is 11.0. The van der Waals surface area contributed by atoms with E-state index in [0.717, 1.165) is 64.3 Å². The maximum absolute atomic E-state index is 13.1. The molecule has 0 radical (unpaired) electrons. The lowest BCUT2D eigenvalue weighted by molar-refractivity contribution is 0.00141. The molecule has 0 saturated carbocycles. The van der Waals surface area contributed by atoms with Crippen LogP contribution in [0.5, 0.6) is 0 Å². The topological polar surface area (TPSA) is 71.1 Å². The van der Waals surface area contributed by atoms with Crippen LogP contribution in [0.1, 0.15) is 32.3 Å². The molecule has 2 saturated heterocycles. The minimum Gasteiger partial charge on any atom is -0.379 e. The van der Waals surface area contributed by atoms with Crippen LogP contribution in [0, 0.1) is 6.92 Å². The van der Waals surface area contributed by atoms with E-state index in [4.69, 9.17) is 9.47 Å². The molecule has 2 heterocycles. The van der Waals surface area contributed by atoms with E-state index in [9.17, 15) is 8.42 Å². The van der Waals surface area contributed by atoms with Crippen LogP contribution >= 0.6 is 0 Å². The summed E-state index contributed by atoms with van der Waals surface area (Å²) in [4.78, 5) is 5.03. The van der Waals surface area contributed by atoms with Gasteiger partial charge in [0.1, 0.15) is 0 Å². The van der Waals surface area contributed by atoms with E-state index in [-0.39, 0.29) is 0 Å². The van der Waals surface area contributed by atoms with Crippen LogP contribution in [0.25, 0.3) is 0 Å². The van der Waals surface area contributed by atoms with Crippen LogP contribution < -0.4 is 4.72 Å². The number of piperidine rings is 1. The lowest BCUT2D eigenvalue weighted by Gasteiger charge is -2.43. The zero-order valence-electron chi connectivity index (χ0n) is 18.6. The summed E-state index contributed by atoms with van der Waals surface area (Å²) in [6.45, 7) is 13.3. The van der Waals surface area contributed by atoms with Crippen molar-refractivity contribution in [3.8, 4) is 0 Å². The van der Waals surface area contributed by atoms with Gasteiger partial charge in [-0.15, -0.1) is 0 Å². The van der Waals surface area contributed by atoms with E-state index >= 15 is 0 Å². The summed E-state index contributed by atoms with van der Waals surface area (Å²) < 4.78 is 40.7. The molecule has 2 aliphatic rings. The zero-order valence-corrected chi connectivity index (χ0v) is 19.4. The second-order valence-electron chi connectivity index (χ2n) is 8.84. The Morgan fingerprint density at radius 3 is 2.33 bits per heavy atom. The smallest absolute Gasteiger partial charge is 0.241 e. The van der Waals surface area contributed by atoms with Crippen LogP contribution in [0.3, 0.4) is 0 Å². The summed E-state index contributed by atoms with van der Waals surface area (Å²) in [5, 5.41) is 0. The molecular formula is C22H37N3O4S. The van der Waals surface area contributed by atoms with Crippen molar-refractivity contribution in [1.82, 2.24) is 14.5 Å². The third-order valence-corrected chi connectivity index (χ3v) is 7.80. The van der Waals surface area contributed by atoms with Crippen LogP contribution in [-0.2, 0) is 19.5 Å². The first-order chi connectivity index (χ1) is 14.3. The lowest BCUT2D eigenvalue weighted by Crippen LogP contribution is -2.58. The molecule has 2 fully saturated rings. The van der Waals surface area contributed by atoms with Gasteiger partial charge in [0.2, 0.25) is 10.0 Å². The van der Waals surface area contributed by atoms with Gasteiger partial charge in [0, 0.05) is 38.8 Å². The molecule has 1 aromatic rings. The SMILES string of the molecule is Cc1ccc(S(=O)(=O)NC2(COCCN3CCOCC3)CCN(C(C)C)CC2)cc1. The van der Waals surface area contributed by atoms with Gasteiger partial charge in [-0.3, -0.25) is 4.90 Å². The highest BCUT2D eigenvalue weighted by Crippen LogP contribution is 2.27. The minimum atomic E-state index is -3.61. The number of hydrogen-bond acceptors (Lipinski definition) is 6. The van der Waals surface area contributed by atoms with Gasteiger partial charge in [0.05, 0.1) is 36.9 Å². The number of sulfonamides is 1. The highest BCUT2D eigenvalue weighted by Gasteiger charge is 2.39. The van der Waals surface area contributed by atoms with E-state index in [1.807, 2.05) is 19.1 Å². The predicted octanol–water partition coefficient (Wildman–Crippen LogP) is 1.87. The van der Waals surface area contributed by atoms with Crippen LogP contribution in [0.15, 0.2) is 29.2 Å². The van der Waals surface area contributed by atoms with Crippen LogP contribution in [-0.4, -0.2) is 88.9 Å². The number of rotatable bonds is 9. The molecule has 1 aromatic carbocycles. The highest BCUT2D eigenvalue weighted by atomic mass is 32.2. The number of nitrogens with zero attached hydrogens (tertiary/aromatic N) is 2. The third kappa shape index (κ3) is 6.48. The molecule has 0 amide bonds. The maximum Gasteiger partial charge on any atom is 0.241 e. The molecule has 7 nitrogen and oxygen atoms in total. The largest absolute Gasteiger partial charge is 0.379 e. The Hall–Kier alpha value is -1.03. The number of likely N-dealkylation sites (tertiary alicyclic amines) is 1. The zero-order chi connectivity index (χ0) is 21.6. The van der Waals surface area contributed by atoms with Gasteiger partial charge in [-0.1, -0.05) is 17.7 Å². The van der Waals surface area contributed by atoms with E-state index in [2.05, 4.69) is 28.4 Å². The number of hydrogen-bond donors (Lipinski definition) is 1. The third-order valence-electron chi connectivity index (χ3n) is 6.20. The summed E-state index contributed by atoms with van der Waals surface area (Å²) in [6, 6.07) is 7.48. The first-order valence-corrected chi connectivity index (χ1v) is 12.5. The number of aryl methyl sites for hydroxylation is 1. The van der Waals surface area contributed by atoms with Gasteiger partial charge >= 0.3 is 0 Å². The molecule has 3 rings (SSSR count). The van der Waals surface area contributed by atoms with Crippen molar-refractivity contribution in [1.29, 1.82) is 0 Å². The van der Waals surface area contributed by atoms with Crippen molar-refractivity contribution in [2.75, 3.05) is 59.2 Å². The summed E-state index contributed by atoms with van der Waals surface area (Å²) in [6.07, 6.45) is 1.49. The second-order valence-corrected chi connectivity index (χ2v) is 10.5. The van der Waals surface area contributed by atoms with Crippen LogP contribution in [0.2, 0.25) is 0 Å². The molecule has 170 valence electrons. The summed E-state index contributed by atoms with van der Waals surface area (Å²) in [5.41, 5.74) is 0.473. The van der Waals surface area contributed by atoms with E-state index < -0.39 is 15.6 Å². The highest BCUT2D eigenvalue weighted by molar-refractivity contribution is 7.89. The average Bonchev–Trinajstić information content (AvgIpc) is 2.72. The normalized spacial score (nSPS) is 21.2. The monoisotopic (exact) mass is 439 g/mol. The Bertz CT molecular complexity index is 753. The standard InChI is InChI=1S/C22H37N3O4S/c1-19(2)25-10-8-22(9-11-25,18-29-17-14-24-12-15-28-16-13-24)23-30(26,27)21-6-4-20(3)5-7-21/h4-7,19,23H,8-18H2,1-3H3. The van der Waals surface area contributed by atoms with Gasteiger partial charge in [0.15, 0.2) is 0 Å². The molecule has 0 unspecified atom stereocenters. The van der Waals surface area contributed by atoms with Gasteiger partial charge in [-0.05, 0) is 45.7 Å². The quantitative estimate of drug-likeness (QED) is 0.593. The van der Waals surface area contributed by atoms with Crippen molar-refractivity contribution >= 4 is 10.0 Å². The van der Waals surface area contributed by atoms with Gasteiger partial charge < -0.3 is 14.4 Å². The summed E-state index contributed by atoms with van der Waals surface area (Å²) >= 11 is 0. The first kappa shape index (κ1) is 23.6. The molecule has 30 heavy (non-hydrogen) atoms. The Labute approximate surface area is 181 Å². The summed E-state index contributed by atoms with van der Waals surface area (Å²) in [7, 11) is -3.61. The van der Waals surface area contributed by atoms with Gasteiger partial charge in [-0.2, -0.15) is 0 Å². The van der Waals surface area contributed by atoms with Crippen molar-refractivity contribution in [2.24, 2.45) is 0 Å². The Morgan fingerprint density at radius 1 is 1.10 bits per heavy atom. The van der Waals surface area contributed by atoms with E-state index in [0.29, 0.717) is 24.2 Å². The number of nitrogens with one attached hydrogen (secondary N) is 1. The average molecular weight is 440 g/mol. The Morgan fingerprint density at radius 2 is 1.73 bits per heavy atom. The molecule has 0 bridgehead atoms. The Balaban J connectivity index is 1.64. The van der Waals surface area contributed by atoms with Crippen molar-refractivity contribution in [3.05, 3.63) is 29.8 Å².